The summed E-state index contributed by atoms with van der Waals surface area (Å²) in [6.45, 7) is 5.62. The highest BCUT2D eigenvalue weighted by Gasteiger charge is 2.09. The van der Waals surface area contributed by atoms with Crippen molar-refractivity contribution in [3.8, 4) is 17.2 Å². The molecule has 0 fully saturated rings. The number of hydrogen-bond acceptors (Lipinski definition) is 7. The maximum atomic E-state index is 11.9. The van der Waals surface area contributed by atoms with Crippen LogP contribution in [0.4, 0.5) is 0 Å². The first kappa shape index (κ1) is 22.1. The van der Waals surface area contributed by atoms with Crippen LogP contribution in [0.2, 0.25) is 5.02 Å². The van der Waals surface area contributed by atoms with E-state index in [4.69, 9.17) is 30.5 Å². The van der Waals surface area contributed by atoms with Gasteiger partial charge in [-0.3, -0.25) is 0 Å². The second-order valence-corrected chi connectivity index (χ2v) is 6.29. The van der Waals surface area contributed by atoms with Crippen molar-refractivity contribution in [1.29, 1.82) is 0 Å². The predicted molar refractivity (Wildman–Crippen MR) is 107 cm³/mol. The number of phenolic OH excluding ortho intramolecular Hbond substituents is 1. The number of carbonyl (C=O) groups is 2. The summed E-state index contributed by atoms with van der Waals surface area (Å²) in [5, 5.41) is 9.43. The second kappa shape index (κ2) is 11.0. The van der Waals surface area contributed by atoms with Crippen LogP contribution in [0.25, 0.3) is 0 Å². The van der Waals surface area contributed by atoms with Gasteiger partial charge >= 0.3 is 11.9 Å². The van der Waals surface area contributed by atoms with Gasteiger partial charge in [-0.1, -0.05) is 18.2 Å². The van der Waals surface area contributed by atoms with Crippen molar-refractivity contribution in [2.45, 2.75) is 6.92 Å². The molecule has 0 radical (unpaired) electrons. The zero-order valence-corrected chi connectivity index (χ0v) is 16.6. The Morgan fingerprint density at radius 1 is 0.931 bits per heavy atom. The number of benzene rings is 2. The molecule has 0 amide bonds. The van der Waals surface area contributed by atoms with E-state index in [1.165, 1.54) is 18.2 Å². The molecule has 0 aliphatic carbocycles. The molecule has 2 aromatic carbocycles. The number of ether oxygens (including phenoxy) is 4. The first-order chi connectivity index (χ1) is 13.9. The molecule has 0 aromatic heterocycles. The monoisotopic (exact) mass is 420 g/mol. The molecule has 2 aromatic rings. The summed E-state index contributed by atoms with van der Waals surface area (Å²) in [6.07, 6.45) is 0. The van der Waals surface area contributed by atoms with Crippen molar-refractivity contribution in [1.82, 2.24) is 0 Å². The van der Waals surface area contributed by atoms with Crippen LogP contribution in [0.3, 0.4) is 0 Å². The van der Waals surface area contributed by atoms with E-state index in [1.807, 2.05) is 0 Å². The third-order valence-electron chi connectivity index (χ3n) is 3.53. The molecule has 0 saturated carbocycles. The predicted octanol–water partition coefficient (Wildman–Crippen LogP) is 3.78. The highest BCUT2D eigenvalue weighted by atomic mass is 35.5. The summed E-state index contributed by atoms with van der Waals surface area (Å²) in [4.78, 5) is 23.1. The largest absolute Gasteiger partial charge is 0.506 e. The molecule has 0 unspecified atom stereocenters. The molecule has 154 valence electrons. The van der Waals surface area contributed by atoms with Gasteiger partial charge in [-0.25, -0.2) is 9.59 Å². The third-order valence-corrected chi connectivity index (χ3v) is 3.83. The fourth-order valence-electron chi connectivity index (χ4n) is 2.06. The van der Waals surface area contributed by atoms with E-state index < -0.39 is 11.9 Å². The summed E-state index contributed by atoms with van der Waals surface area (Å²) in [7, 11) is 0. The fraction of sp³-hybridized carbons (Fsp3) is 0.238. The molecule has 0 bridgehead atoms. The lowest BCUT2D eigenvalue weighted by molar-refractivity contribution is -0.139. The van der Waals surface area contributed by atoms with Gasteiger partial charge in [-0.05, 0) is 49.4 Å². The Bertz CT molecular complexity index is 862. The molecule has 0 heterocycles. The average molecular weight is 421 g/mol. The Labute approximate surface area is 173 Å². The summed E-state index contributed by atoms with van der Waals surface area (Å²) in [6, 6.07) is 10.9. The highest BCUT2D eigenvalue weighted by Crippen LogP contribution is 2.24. The van der Waals surface area contributed by atoms with Crippen LogP contribution in [0.5, 0.6) is 17.2 Å². The minimum Gasteiger partial charge on any atom is -0.506 e. The first-order valence-electron chi connectivity index (χ1n) is 8.70. The Kier molecular flexibility index (Phi) is 8.36. The van der Waals surface area contributed by atoms with Crippen LogP contribution in [0, 0.1) is 0 Å². The Morgan fingerprint density at radius 3 is 2.00 bits per heavy atom. The van der Waals surface area contributed by atoms with Crippen molar-refractivity contribution in [3.63, 3.8) is 0 Å². The maximum Gasteiger partial charge on any atom is 0.338 e. The molecule has 0 aliphatic heterocycles. The smallest absolute Gasteiger partial charge is 0.338 e. The number of hydrogen-bond donors (Lipinski definition) is 1. The van der Waals surface area contributed by atoms with E-state index in [-0.39, 0.29) is 42.8 Å². The van der Waals surface area contributed by atoms with E-state index in [2.05, 4.69) is 6.58 Å². The van der Waals surface area contributed by atoms with E-state index in [1.54, 1.807) is 31.2 Å². The van der Waals surface area contributed by atoms with E-state index in [0.717, 1.165) is 0 Å². The zero-order chi connectivity index (χ0) is 21.2. The number of rotatable bonds is 10. The van der Waals surface area contributed by atoms with Crippen LogP contribution < -0.4 is 9.47 Å². The first-order valence-corrected chi connectivity index (χ1v) is 9.08. The zero-order valence-electron chi connectivity index (χ0n) is 15.9. The van der Waals surface area contributed by atoms with Crippen molar-refractivity contribution in [3.05, 3.63) is 65.2 Å². The topological polar surface area (TPSA) is 91.3 Å². The molecular weight excluding hydrogens is 400 g/mol. The van der Waals surface area contributed by atoms with Crippen LogP contribution in [-0.2, 0) is 14.3 Å². The van der Waals surface area contributed by atoms with Gasteiger partial charge in [0.15, 0.2) is 0 Å². The highest BCUT2D eigenvalue weighted by molar-refractivity contribution is 6.32. The number of esters is 2. The quantitative estimate of drug-likeness (QED) is 0.355. The van der Waals surface area contributed by atoms with Gasteiger partial charge in [0.05, 0.1) is 10.6 Å². The van der Waals surface area contributed by atoms with Gasteiger partial charge in [0, 0.05) is 5.57 Å². The van der Waals surface area contributed by atoms with Gasteiger partial charge in [-0.2, -0.15) is 0 Å². The molecule has 29 heavy (non-hydrogen) atoms. The normalized spacial score (nSPS) is 10.1. The summed E-state index contributed by atoms with van der Waals surface area (Å²) >= 11 is 5.76. The van der Waals surface area contributed by atoms with Crippen LogP contribution in [-0.4, -0.2) is 43.5 Å². The number of aromatic hydroxyl groups is 1. The van der Waals surface area contributed by atoms with Gasteiger partial charge in [0.2, 0.25) is 0 Å². The third kappa shape index (κ3) is 7.38. The van der Waals surface area contributed by atoms with Crippen molar-refractivity contribution >= 4 is 23.5 Å². The lowest BCUT2D eigenvalue weighted by Crippen LogP contribution is -2.13. The van der Waals surface area contributed by atoms with Crippen LogP contribution in [0.1, 0.15) is 17.3 Å². The van der Waals surface area contributed by atoms with Crippen LogP contribution in [0.15, 0.2) is 54.6 Å². The number of halogens is 1. The minimum atomic E-state index is -0.563. The lowest BCUT2D eigenvalue weighted by atomic mass is 10.2. The molecule has 1 N–H and O–H groups in total. The second-order valence-electron chi connectivity index (χ2n) is 5.89. The molecular formula is C21H21ClO7. The Hall–Kier alpha value is -3.19. The Balaban J connectivity index is 1.66. The average Bonchev–Trinajstić information content (AvgIpc) is 2.71. The Morgan fingerprint density at radius 2 is 1.48 bits per heavy atom. The maximum absolute atomic E-state index is 11.9. The van der Waals surface area contributed by atoms with Gasteiger partial charge in [-0.15, -0.1) is 0 Å². The van der Waals surface area contributed by atoms with Crippen molar-refractivity contribution in [2.75, 3.05) is 26.4 Å². The summed E-state index contributed by atoms with van der Waals surface area (Å²) < 4.78 is 21.0. The van der Waals surface area contributed by atoms with E-state index >= 15 is 0 Å². The van der Waals surface area contributed by atoms with Crippen molar-refractivity contribution < 1.29 is 33.6 Å². The SMILES string of the molecule is C=C(C)C(=O)OCCOc1ccc(OCCOC(=O)c2ccc(O)c(Cl)c2)cc1. The lowest BCUT2D eigenvalue weighted by Gasteiger charge is -2.10. The fourth-order valence-corrected chi connectivity index (χ4v) is 2.24. The molecule has 0 aliphatic rings. The summed E-state index contributed by atoms with van der Waals surface area (Å²) in [5.74, 6) is 0.0548. The molecule has 0 saturated heterocycles. The van der Waals surface area contributed by atoms with Gasteiger partial charge in [0.25, 0.3) is 0 Å². The molecule has 0 spiro atoms. The number of phenols is 1. The number of carbonyl (C=O) groups excluding carboxylic acids is 2. The van der Waals surface area contributed by atoms with E-state index in [9.17, 15) is 14.7 Å². The molecule has 8 heteroatoms. The minimum absolute atomic E-state index is 0.0453. The van der Waals surface area contributed by atoms with Gasteiger partial charge < -0.3 is 24.1 Å². The van der Waals surface area contributed by atoms with Gasteiger partial charge in [0.1, 0.15) is 43.7 Å². The molecule has 0 atom stereocenters. The van der Waals surface area contributed by atoms with E-state index in [0.29, 0.717) is 17.1 Å². The molecule has 7 nitrogen and oxygen atoms in total. The van der Waals surface area contributed by atoms with Crippen molar-refractivity contribution in [2.24, 2.45) is 0 Å². The summed E-state index contributed by atoms with van der Waals surface area (Å²) in [5.41, 5.74) is 0.576. The standard InChI is InChI=1S/C21H21ClO7/c1-14(2)20(24)28-11-9-26-16-4-6-17(7-5-16)27-10-12-29-21(25)15-3-8-19(23)18(22)13-15/h3-8,13,23H,1,9-12H2,2H3. The van der Waals surface area contributed by atoms with Crippen LogP contribution >= 0.6 is 11.6 Å². The molecule has 2 rings (SSSR count).